The summed E-state index contributed by atoms with van der Waals surface area (Å²) in [6.45, 7) is 5.59. The number of carbonyl (C=O) groups excluding carboxylic acids is 1. The Morgan fingerprint density at radius 3 is 3.07 bits per heavy atom. The minimum absolute atomic E-state index is 0.0762. The third kappa shape index (κ3) is 2.71. The van der Waals surface area contributed by atoms with Crippen molar-refractivity contribution in [3.8, 4) is 6.07 Å². The van der Waals surface area contributed by atoms with Crippen LogP contribution < -0.4 is 0 Å². The smallest absolute Gasteiger partial charge is 0.239 e. The summed E-state index contributed by atoms with van der Waals surface area (Å²) in [5.41, 5.74) is 0. The van der Waals surface area contributed by atoms with Gasteiger partial charge in [-0.05, 0) is 20.3 Å². The van der Waals surface area contributed by atoms with E-state index in [1.807, 2.05) is 13.0 Å². The van der Waals surface area contributed by atoms with Crippen molar-refractivity contribution in [2.75, 3.05) is 19.7 Å². The summed E-state index contributed by atoms with van der Waals surface area (Å²) in [7, 11) is 0. The van der Waals surface area contributed by atoms with E-state index in [2.05, 4.69) is 0 Å². The Balaban J connectivity index is 2.58. The number of amides is 1. The molecule has 1 rings (SSSR count). The van der Waals surface area contributed by atoms with Gasteiger partial charge < -0.3 is 9.64 Å². The molecule has 14 heavy (non-hydrogen) atoms. The molecule has 4 heteroatoms. The molecule has 2 unspecified atom stereocenters. The maximum absolute atomic E-state index is 11.7. The van der Waals surface area contributed by atoms with Gasteiger partial charge in [0.25, 0.3) is 0 Å². The molecule has 0 saturated carbocycles. The van der Waals surface area contributed by atoms with Crippen LogP contribution in [0.2, 0.25) is 0 Å². The average Bonchev–Trinajstić information content (AvgIpc) is 2.40. The van der Waals surface area contributed by atoms with Crippen molar-refractivity contribution in [3.63, 3.8) is 0 Å². The second-order valence-electron chi connectivity index (χ2n) is 3.67. The molecular formula is C10H16N2O2. The molecule has 0 aromatic rings. The van der Waals surface area contributed by atoms with Gasteiger partial charge in [-0.1, -0.05) is 0 Å². The van der Waals surface area contributed by atoms with Gasteiger partial charge in [-0.3, -0.25) is 4.79 Å². The summed E-state index contributed by atoms with van der Waals surface area (Å²) in [5, 5.41) is 8.64. The average molecular weight is 196 g/mol. The summed E-state index contributed by atoms with van der Waals surface area (Å²) >= 11 is 0. The van der Waals surface area contributed by atoms with Gasteiger partial charge in [0.1, 0.15) is 5.92 Å². The van der Waals surface area contributed by atoms with E-state index in [1.54, 1.807) is 11.8 Å². The summed E-state index contributed by atoms with van der Waals surface area (Å²) in [6, 6.07) is 1.97. The molecule has 0 aromatic heterocycles. The molecule has 1 fully saturated rings. The molecule has 1 saturated heterocycles. The van der Waals surface area contributed by atoms with E-state index in [1.165, 1.54) is 0 Å². The van der Waals surface area contributed by atoms with Crippen LogP contribution in [0.3, 0.4) is 0 Å². The van der Waals surface area contributed by atoms with E-state index in [4.69, 9.17) is 10.00 Å². The highest BCUT2D eigenvalue weighted by molar-refractivity contribution is 5.80. The van der Waals surface area contributed by atoms with E-state index >= 15 is 0 Å². The Labute approximate surface area is 84.4 Å². The van der Waals surface area contributed by atoms with E-state index in [-0.39, 0.29) is 12.0 Å². The lowest BCUT2D eigenvalue weighted by atomic mass is 10.1. The molecule has 0 N–H and O–H groups in total. The lowest BCUT2D eigenvalue weighted by Crippen LogP contribution is -2.38. The molecule has 1 aliphatic rings. The van der Waals surface area contributed by atoms with Crippen LogP contribution in [0.4, 0.5) is 0 Å². The molecule has 1 heterocycles. The molecule has 78 valence electrons. The first kappa shape index (κ1) is 11.0. The van der Waals surface area contributed by atoms with E-state index < -0.39 is 5.92 Å². The maximum atomic E-state index is 11.7. The van der Waals surface area contributed by atoms with Crippen LogP contribution in [0.25, 0.3) is 0 Å². The fourth-order valence-corrected chi connectivity index (χ4v) is 1.52. The van der Waals surface area contributed by atoms with Gasteiger partial charge in [0.15, 0.2) is 0 Å². The van der Waals surface area contributed by atoms with Gasteiger partial charge in [-0.15, -0.1) is 0 Å². The maximum Gasteiger partial charge on any atom is 0.239 e. The standard InChI is InChI=1S/C10H16N2O2/c1-8(6-11)10(13)12-4-3-5-14-9(2)7-12/h8-9H,3-5,7H2,1-2H3. The predicted octanol–water partition coefficient (Wildman–Crippen LogP) is 0.783. The van der Waals surface area contributed by atoms with Crippen LogP contribution in [-0.4, -0.2) is 36.6 Å². The molecule has 0 radical (unpaired) electrons. The summed E-state index contributed by atoms with van der Waals surface area (Å²) in [6.07, 6.45) is 0.932. The van der Waals surface area contributed by atoms with Gasteiger partial charge in [0.2, 0.25) is 5.91 Å². The predicted molar refractivity (Wildman–Crippen MR) is 51.4 cm³/mol. The van der Waals surface area contributed by atoms with Gasteiger partial charge in [0, 0.05) is 19.7 Å². The van der Waals surface area contributed by atoms with Gasteiger partial charge in [-0.2, -0.15) is 5.26 Å². The largest absolute Gasteiger partial charge is 0.377 e. The topological polar surface area (TPSA) is 53.3 Å². The summed E-state index contributed by atoms with van der Waals surface area (Å²) in [4.78, 5) is 13.4. The quantitative estimate of drug-likeness (QED) is 0.623. The first-order valence-corrected chi connectivity index (χ1v) is 4.95. The van der Waals surface area contributed by atoms with E-state index in [0.717, 1.165) is 6.42 Å². The van der Waals surface area contributed by atoms with Crippen molar-refractivity contribution >= 4 is 5.91 Å². The van der Waals surface area contributed by atoms with Crippen LogP contribution in [0.1, 0.15) is 20.3 Å². The van der Waals surface area contributed by atoms with Crippen LogP contribution in [-0.2, 0) is 9.53 Å². The second kappa shape index (κ2) is 4.97. The Hall–Kier alpha value is -1.08. The Morgan fingerprint density at radius 1 is 1.71 bits per heavy atom. The van der Waals surface area contributed by atoms with Crippen LogP contribution >= 0.6 is 0 Å². The van der Waals surface area contributed by atoms with Gasteiger partial charge in [-0.25, -0.2) is 0 Å². The van der Waals surface area contributed by atoms with Crippen molar-refractivity contribution in [3.05, 3.63) is 0 Å². The molecule has 1 aliphatic heterocycles. The number of rotatable bonds is 1. The number of carbonyl (C=O) groups is 1. The molecule has 1 amide bonds. The number of hydrogen-bond acceptors (Lipinski definition) is 3. The number of nitrogens with zero attached hydrogens (tertiary/aromatic N) is 2. The third-order valence-corrected chi connectivity index (χ3v) is 2.33. The van der Waals surface area contributed by atoms with Crippen LogP contribution in [0.15, 0.2) is 0 Å². The van der Waals surface area contributed by atoms with Crippen molar-refractivity contribution < 1.29 is 9.53 Å². The second-order valence-corrected chi connectivity index (χ2v) is 3.67. The molecule has 0 aromatic carbocycles. The number of hydrogen-bond donors (Lipinski definition) is 0. The lowest BCUT2D eigenvalue weighted by Gasteiger charge is -2.22. The minimum Gasteiger partial charge on any atom is -0.377 e. The summed E-state index contributed by atoms with van der Waals surface area (Å²) in [5.74, 6) is -0.620. The normalized spacial score (nSPS) is 24.9. The van der Waals surface area contributed by atoms with Gasteiger partial charge in [0.05, 0.1) is 12.2 Å². The molecular weight excluding hydrogens is 180 g/mol. The third-order valence-electron chi connectivity index (χ3n) is 2.33. The van der Waals surface area contributed by atoms with Gasteiger partial charge >= 0.3 is 0 Å². The highest BCUT2D eigenvalue weighted by Crippen LogP contribution is 2.09. The Bertz CT molecular complexity index is 247. The monoisotopic (exact) mass is 196 g/mol. The first-order valence-electron chi connectivity index (χ1n) is 4.95. The van der Waals surface area contributed by atoms with Crippen LogP contribution in [0, 0.1) is 17.2 Å². The van der Waals surface area contributed by atoms with Crippen molar-refractivity contribution in [2.24, 2.45) is 5.92 Å². The Kier molecular flexibility index (Phi) is 3.90. The van der Waals surface area contributed by atoms with E-state index in [9.17, 15) is 4.79 Å². The molecule has 4 nitrogen and oxygen atoms in total. The highest BCUT2D eigenvalue weighted by Gasteiger charge is 2.23. The SMILES string of the molecule is CC1CN(C(=O)C(C)C#N)CCCO1. The zero-order valence-corrected chi connectivity index (χ0v) is 8.69. The minimum atomic E-state index is -0.541. The summed E-state index contributed by atoms with van der Waals surface area (Å²) < 4.78 is 5.42. The molecule has 0 aliphatic carbocycles. The lowest BCUT2D eigenvalue weighted by molar-refractivity contribution is -0.133. The fourth-order valence-electron chi connectivity index (χ4n) is 1.52. The number of nitriles is 1. The van der Waals surface area contributed by atoms with Crippen molar-refractivity contribution in [1.82, 2.24) is 4.90 Å². The number of ether oxygens (including phenoxy) is 1. The Morgan fingerprint density at radius 2 is 2.43 bits per heavy atom. The first-order chi connectivity index (χ1) is 6.65. The fraction of sp³-hybridized carbons (Fsp3) is 0.800. The molecule has 2 atom stereocenters. The van der Waals surface area contributed by atoms with E-state index in [0.29, 0.717) is 19.7 Å². The van der Waals surface area contributed by atoms with Crippen molar-refractivity contribution in [1.29, 1.82) is 5.26 Å². The van der Waals surface area contributed by atoms with Crippen molar-refractivity contribution in [2.45, 2.75) is 26.4 Å². The zero-order valence-electron chi connectivity index (χ0n) is 8.69. The molecule has 0 bridgehead atoms. The zero-order chi connectivity index (χ0) is 10.6. The van der Waals surface area contributed by atoms with Crippen LogP contribution in [0.5, 0.6) is 0 Å². The molecule has 0 spiro atoms. The highest BCUT2D eigenvalue weighted by atomic mass is 16.5.